The number of hydrogen-bond donors (Lipinski definition) is 1. The van der Waals surface area contributed by atoms with Gasteiger partial charge in [-0.2, -0.15) is 0 Å². The van der Waals surface area contributed by atoms with E-state index in [2.05, 4.69) is 29.8 Å². The lowest BCUT2D eigenvalue weighted by molar-refractivity contribution is -0.0101. The van der Waals surface area contributed by atoms with Gasteiger partial charge in [0.2, 0.25) is 0 Å². The van der Waals surface area contributed by atoms with Crippen LogP contribution in [0.25, 0.3) is 0 Å². The Morgan fingerprint density at radius 3 is 3.00 bits per heavy atom. The summed E-state index contributed by atoms with van der Waals surface area (Å²) < 4.78 is 6.06. The van der Waals surface area contributed by atoms with Gasteiger partial charge >= 0.3 is 0 Å². The lowest BCUT2D eigenvalue weighted by Gasteiger charge is -2.30. The third-order valence-corrected chi connectivity index (χ3v) is 5.04. The molecule has 0 aromatic carbocycles. The zero-order valence-electron chi connectivity index (χ0n) is 12.1. The van der Waals surface area contributed by atoms with Crippen molar-refractivity contribution in [3.05, 3.63) is 22.4 Å². The van der Waals surface area contributed by atoms with E-state index in [0.717, 1.165) is 32.0 Å². The molecular formula is C16H27NOS. The molecule has 0 bridgehead atoms. The van der Waals surface area contributed by atoms with Gasteiger partial charge in [0.25, 0.3) is 0 Å². The van der Waals surface area contributed by atoms with Crippen molar-refractivity contribution in [3.63, 3.8) is 0 Å². The second kappa shape index (κ2) is 8.72. The topological polar surface area (TPSA) is 21.3 Å². The molecule has 1 fully saturated rings. The molecule has 3 heteroatoms. The second-order valence-electron chi connectivity index (χ2n) is 5.44. The fraction of sp³-hybridized carbons (Fsp3) is 0.750. The van der Waals surface area contributed by atoms with Crippen molar-refractivity contribution >= 4 is 11.3 Å². The van der Waals surface area contributed by atoms with Gasteiger partial charge in [-0.25, -0.2) is 0 Å². The Bertz CT molecular complexity index is 325. The van der Waals surface area contributed by atoms with E-state index in [-0.39, 0.29) is 0 Å². The molecule has 2 unspecified atom stereocenters. The minimum absolute atomic E-state index is 0.526. The Morgan fingerprint density at radius 1 is 1.32 bits per heavy atom. The van der Waals surface area contributed by atoms with Crippen molar-refractivity contribution in [2.45, 2.75) is 51.6 Å². The number of ether oxygens (including phenoxy) is 1. The zero-order chi connectivity index (χ0) is 13.3. The molecule has 0 spiro atoms. The summed E-state index contributed by atoms with van der Waals surface area (Å²) in [5.74, 6) is 0.805. The van der Waals surface area contributed by atoms with E-state index in [9.17, 15) is 0 Å². The summed E-state index contributed by atoms with van der Waals surface area (Å²) in [5, 5.41) is 5.62. The highest BCUT2D eigenvalue weighted by atomic mass is 32.1. The Kier molecular flexibility index (Phi) is 6.90. The predicted molar refractivity (Wildman–Crippen MR) is 82.9 cm³/mol. The monoisotopic (exact) mass is 281 g/mol. The van der Waals surface area contributed by atoms with Crippen LogP contribution in [0.5, 0.6) is 0 Å². The van der Waals surface area contributed by atoms with E-state index in [1.54, 1.807) is 0 Å². The van der Waals surface area contributed by atoms with Gasteiger partial charge in [-0.3, -0.25) is 0 Å². The maximum atomic E-state index is 6.06. The minimum atomic E-state index is 0.526. The summed E-state index contributed by atoms with van der Waals surface area (Å²) >= 11 is 1.84. The van der Waals surface area contributed by atoms with Crippen LogP contribution in [0.15, 0.2) is 17.5 Å². The smallest absolute Gasteiger partial charge is 0.0603 e. The molecule has 1 N–H and O–H groups in total. The number of nitrogens with one attached hydrogen (secondary N) is 1. The second-order valence-corrected chi connectivity index (χ2v) is 6.47. The molecule has 1 saturated carbocycles. The molecule has 1 aliphatic carbocycles. The van der Waals surface area contributed by atoms with Crippen molar-refractivity contribution in [1.82, 2.24) is 5.32 Å². The van der Waals surface area contributed by atoms with Gasteiger partial charge in [0, 0.05) is 18.0 Å². The van der Waals surface area contributed by atoms with Crippen molar-refractivity contribution in [2.24, 2.45) is 5.92 Å². The lowest BCUT2D eigenvalue weighted by atomic mass is 9.85. The molecule has 0 aliphatic heterocycles. The molecule has 1 heterocycles. The van der Waals surface area contributed by atoms with Crippen LogP contribution >= 0.6 is 11.3 Å². The van der Waals surface area contributed by atoms with E-state index in [1.807, 2.05) is 11.3 Å². The van der Waals surface area contributed by atoms with E-state index < -0.39 is 0 Å². The molecule has 19 heavy (non-hydrogen) atoms. The van der Waals surface area contributed by atoms with Crippen LogP contribution in [-0.4, -0.2) is 25.8 Å². The van der Waals surface area contributed by atoms with Gasteiger partial charge < -0.3 is 10.1 Å². The van der Waals surface area contributed by atoms with E-state index in [0.29, 0.717) is 6.10 Å². The molecule has 108 valence electrons. The maximum absolute atomic E-state index is 6.06. The number of rotatable bonds is 8. The first-order valence-electron chi connectivity index (χ1n) is 7.75. The lowest BCUT2D eigenvalue weighted by Crippen LogP contribution is -2.31. The largest absolute Gasteiger partial charge is 0.377 e. The summed E-state index contributed by atoms with van der Waals surface area (Å²) in [6.45, 7) is 5.21. The van der Waals surface area contributed by atoms with Crippen molar-refractivity contribution < 1.29 is 4.74 Å². The zero-order valence-corrected chi connectivity index (χ0v) is 12.9. The van der Waals surface area contributed by atoms with Crippen LogP contribution in [0, 0.1) is 5.92 Å². The highest BCUT2D eigenvalue weighted by molar-refractivity contribution is 7.09. The molecule has 2 nitrogen and oxygen atoms in total. The highest BCUT2D eigenvalue weighted by Crippen LogP contribution is 2.28. The Balaban J connectivity index is 1.51. The van der Waals surface area contributed by atoms with Crippen LogP contribution < -0.4 is 5.32 Å². The molecule has 0 amide bonds. The summed E-state index contributed by atoms with van der Waals surface area (Å²) in [6.07, 6.45) is 8.33. The minimum Gasteiger partial charge on any atom is -0.377 e. The van der Waals surface area contributed by atoms with Gasteiger partial charge in [0.1, 0.15) is 0 Å². The normalized spacial score (nSPS) is 23.6. The summed E-state index contributed by atoms with van der Waals surface area (Å²) in [5.41, 5.74) is 0. The van der Waals surface area contributed by atoms with Crippen molar-refractivity contribution in [1.29, 1.82) is 0 Å². The van der Waals surface area contributed by atoms with Crippen LogP contribution in [0.2, 0.25) is 0 Å². The van der Waals surface area contributed by atoms with Crippen molar-refractivity contribution in [3.8, 4) is 0 Å². The fourth-order valence-electron chi connectivity index (χ4n) is 2.93. The Hall–Kier alpha value is -0.380. The first-order chi connectivity index (χ1) is 9.40. The SMILES string of the molecule is CCC1CCCCC1OCCNCCc1cccs1. The Labute approximate surface area is 121 Å². The third-order valence-electron chi connectivity index (χ3n) is 4.10. The number of hydrogen-bond acceptors (Lipinski definition) is 3. The maximum Gasteiger partial charge on any atom is 0.0603 e. The molecule has 0 radical (unpaired) electrons. The van der Waals surface area contributed by atoms with Gasteiger partial charge in [-0.05, 0) is 36.6 Å². The van der Waals surface area contributed by atoms with Gasteiger partial charge in [0.05, 0.1) is 12.7 Å². The summed E-state index contributed by atoms with van der Waals surface area (Å²) in [7, 11) is 0. The van der Waals surface area contributed by atoms with Crippen LogP contribution in [-0.2, 0) is 11.2 Å². The molecule has 1 aromatic rings. The molecular weight excluding hydrogens is 254 g/mol. The average molecular weight is 281 g/mol. The quantitative estimate of drug-likeness (QED) is 0.730. The molecule has 0 saturated heterocycles. The summed E-state index contributed by atoms with van der Waals surface area (Å²) in [4.78, 5) is 1.46. The standard InChI is InChI=1S/C16H27NOS/c1-2-14-6-3-4-8-16(14)18-12-11-17-10-9-15-7-5-13-19-15/h5,7,13-14,16-17H,2-4,6,8-12H2,1H3. The Morgan fingerprint density at radius 2 is 2.21 bits per heavy atom. The van der Waals surface area contributed by atoms with E-state index in [1.165, 1.54) is 37.0 Å². The van der Waals surface area contributed by atoms with Crippen LogP contribution in [0.3, 0.4) is 0 Å². The van der Waals surface area contributed by atoms with E-state index >= 15 is 0 Å². The van der Waals surface area contributed by atoms with Crippen LogP contribution in [0.1, 0.15) is 43.9 Å². The van der Waals surface area contributed by atoms with E-state index in [4.69, 9.17) is 4.74 Å². The molecule has 2 rings (SSSR count). The molecule has 1 aromatic heterocycles. The third kappa shape index (κ3) is 5.25. The van der Waals surface area contributed by atoms with Gasteiger partial charge in [0.15, 0.2) is 0 Å². The average Bonchev–Trinajstić information content (AvgIpc) is 2.96. The number of thiophene rings is 1. The van der Waals surface area contributed by atoms with Crippen LogP contribution in [0.4, 0.5) is 0 Å². The van der Waals surface area contributed by atoms with Gasteiger partial charge in [-0.1, -0.05) is 32.3 Å². The molecule has 2 atom stereocenters. The highest BCUT2D eigenvalue weighted by Gasteiger charge is 2.23. The fourth-order valence-corrected chi connectivity index (χ4v) is 3.64. The first kappa shape index (κ1) is 15.0. The first-order valence-corrected chi connectivity index (χ1v) is 8.63. The molecule has 1 aliphatic rings. The summed E-state index contributed by atoms with van der Waals surface area (Å²) in [6, 6.07) is 4.33. The van der Waals surface area contributed by atoms with Crippen molar-refractivity contribution in [2.75, 3.05) is 19.7 Å². The predicted octanol–water partition coefficient (Wildman–Crippen LogP) is 3.87. The van der Waals surface area contributed by atoms with Gasteiger partial charge in [-0.15, -0.1) is 11.3 Å².